The summed E-state index contributed by atoms with van der Waals surface area (Å²) in [6.45, 7) is 0.149. The fraction of sp³-hybridized carbons (Fsp3) is 0.188. The maximum Gasteiger partial charge on any atom is 0.434 e. The van der Waals surface area contributed by atoms with Crippen molar-refractivity contribution >= 4 is 58.1 Å². The SMILES string of the molecule is Cn1nc(C(=O)Nc2nn(Cc3c(Cl)cccc3Cl)cc2Cl)c(Cl)c1C(F)(F)F. The van der Waals surface area contributed by atoms with Crippen molar-refractivity contribution in [3.63, 3.8) is 0 Å². The molecule has 0 aliphatic carbocycles. The standard InChI is InChI=1S/C16H10Cl4F3N5O/c1-27-13(16(21,22)23)11(20)12(25-27)15(29)24-14-10(19)6-28(26-14)5-7-8(17)3-2-4-9(7)18/h2-4,6H,5H2,1H3,(H,24,26,29). The number of rotatable bonds is 4. The number of carbonyl (C=O) groups excluding carboxylic acids is 1. The van der Waals surface area contributed by atoms with Crippen molar-refractivity contribution in [2.75, 3.05) is 5.32 Å². The third kappa shape index (κ3) is 4.48. The first-order chi connectivity index (χ1) is 13.5. The van der Waals surface area contributed by atoms with Crippen LogP contribution < -0.4 is 5.32 Å². The van der Waals surface area contributed by atoms with Gasteiger partial charge in [-0.3, -0.25) is 14.2 Å². The summed E-state index contributed by atoms with van der Waals surface area (Å²) in [4.78, 5) is 12.4. The van der Waals surface area contributed by atoms with Crippen molar-refractivity contribution in [2.45, 2.75) is 12.7 Å². The fourth-order valence-corrected chi connectivity index (χ4v) is 3.59. The van der Waals surface area contributed by atoms with E-state index >= 15 is 0 Å². The van der Waals surface area contributed by atoms with Crippen molar-refractivity contribution in [1.82, 2.24) is 19.6 Å². The number of aryl methyl sites for hydroxylation is 1. The summed E-state index contributed by atoms with van der Waals surface area (Å²) < 4.78 is 40.9. The van der Waals surface area contributed by atoms with Crippen LogP contribution in [0.3, 0.4) is 0 Å². The summed E-state index contributed by atoms with van der Waals surface area (Å²) in [5.41, 5.74) is -1.27. The van der Waals surface area contributed by atoms with Crippen LogP contribution in [0.15, 0.2) is 24.4 Å². The van der Waals surface area contributed by atoms with Gasteiger partial charge in [-0.1, -0.05) is 52.5 Å². The first-order valence-corrected chi connectivity index (χ1v) is 9.27. The molecule has 0 saturated heterocycles. The van der Waals surface area contributed by atoms with E-state index in [2.05, 4.69) is 15.5 Å². The molecule has 0 unspecified atom stereocenters. The minimum atomic E-state index is -4.77. The number of alkyl halides is 3. The molecule has 0 aliphatic rings. The molecule has 1 amide bonds. The predicted octanol–water partition coefficient (Wildman–Crippen LogP) is 5.55. The number of hydrogen-bond donors (Lipinski definition) is 1. The maximum atomic E-state index is 13.0. The number of hydrogen-bond acceptors (Lipinski definition) is 3. The largest absolute Gasteiger partial charge is 0.434 e. The van der Waals surface area contributed by atoms with Crippen molar-refractivity contribution < 1.29 is 18.0 Å². The van der Waals surface area contributed by atoms with Gasteiger partial charge in [-0.15, -0.1) is 0 Å². The molecule has 29 heavy (non-hydrogen) atoms. The van der Waals surface area contributed by atoms with Gasteiger partial charge >= 0.3 is 6.18 Å². The lowest BCUT2D eigenvalue weighted by Crippen LogP contribution is -2.14. The minimum absolute atomic E-state index is 0.0459. The molecular formula is C16H10Cl4F3N5O. The van der Waals surface area contributed by atoms with Gasteiger partial charge < -0.3 is 5.32 Å². The lowest BCUT2D eigenvalue weighted by atomic mass is 10.2. The molecule has 0 aliphatic heterocycles. The van der Waals surface area contributed by atoms with Crippen LogP contribution in [0.2, 0.25) is 20.1 Å². The Labute approximate surface area is 182 Å². The Hall–Kier alpha value is -1.94. The number of amides is 1. The third-order valence-electron chi connectivity index (χ3n) is 3.80. The van der Waals surface area contributed by atoms with Crippen LogP contribution in [-0.2, 0) is 19.8 Å². The van der Waals surface area contributed by atoms with Crippen LogP contribution in [0.5, 0.6) is 0 Å². The zero-order valence-corrected chi connectivity index (χ0v) is 17.4. The second kappa shape index (κ2) is 8.06. The number of anilines is 1. The Kier molecular flexibility index (Phi) is 6.05. The molecule has 1 N–H and O–H groups in total. The Bertz CT molecular complexity index is 1070. The van der Waals surface area contributed by atoms with Crippen LogP contribution in [-0.4, -0.2) is 25.5 Å². The lowest BCUT2D eigenvalue weighted by molar-refractivity contribution is -0.143. The highest BCUT2D eigenvalue weighted by Gasteiger charge is 2.40. The van der Waals surface area contributed by atoms with Crippen LogP contribution in [0.1, 0.15) is 21.7 Å². The second-order valence-corrected chi connectivity index (χ2v) is 7.41. The van der Waals surface area contributed by atoms with Crippen molar-refractivity contribution in [3.8, 4) is 0 Å². The third-order valence-corrected chi connectivity index (χ3v) is 5.15. The molecule has 0 bridgehead atoms. The Morgan fingerprint density at radius 1 is 1.10 bits per heavy atom. The van der Waals surface area contributed by atoms with E-state index in [1.165, 1.54) is 10.9 Å². The normalized spacial score (nSPS) is 11.7. The average Bonchev–Trinajstić information content (AvgIpc) is 3.09. The number of aromatic nitrogens is 4. The van der Waals surface area contributed by atoms with Gasteiger partial charge in [0.05, 0.1) is 6.54 Å². The summed E-state index contributed by atoms with van der Waals surface area (Å²) in [5, 5.41) is 9.98. The zero-order chi connectivity index (χ0) is 21.5. The molecule has 6 nitrogen and oxygen atoms in total. The van der Waals surface area contributed by atoms with Gasteiger partial charge in [-0.05, 0) is 12.1 Å². The predicted molar refractivity (Wildman–Crippen MR) is 104 cm³/mol. The van der Waals surface area contributed by atoms with Crippen molar-refractivity contribution in [1.29, 1.82) is 0 Å². The summed E-state index contributed by atoms with van der Waals surface area (Å²) in [7, 11) is 1.03. The molecule has 154 valence electrons. The monoisotopic (exact) mass is 485 g/mol. The molecule has 1 aromatic carbocycles. The van der Waals surface area contributed by atoms with Crippen LogP contribution in [0.4, 0.5) is 19.0 Å². The van der Waals surface area contributed by atoms with E-state index in [1.807, 2.05) is 0 Å². The number of nitrogens with zero attached hydrogens (tertiary/aromatic N) is 4. The van der Waals surface area contributed by atoms with E-state index < -0.39 is 28.5 Å². The molecule has 2 heterocycles. The van der Waals surface area contributed by atoms with Gasteiger partial charge in [-0.25, -0.2) is 0 Å². The van der Waals surface area contributed by atoms with E-state index in [9.17, 15) is 18.0 Å². The van der Waals surface area contributed by atoms with Crippen LogP contribution in [0.25, 0.3) is 0 Å². The van der Waals surface area contributed by atoms with E-state index in [-0.39, 0.29) is 17.4 Å². The Morgan fingerprint density at radius 3 is 2.28 bits per heavy atom. The average molecular weight is 487 g/mol. The number of nitrogens with one attached hydrogen (secondary N) is 1. The molecule has 0 atom stereocenters. The maximum absolute atomic E-state index is 13.0. The van der Waals surface area contributed by atoms with Crippen molar-refractivity contribution in [3.05, 3.63) is 61.4 Å². The molecular weight excluding hydrogens is 477 g/mol. The first kappa shape index (κ1) is 21.8. The Morgan fingerprint density at radius 2 is 1.72 bits per heavy atom. The topological polar surface area (TPSA) is 64.7 Å². The highest BCUT2D eigenvalue weighted by molar-refractivity contribution is 6.36. The second-order valence-electron chi connectivity index (χ2n) is 5.81. The molecule has 0 spiro atoms. The highest BCUT2D eigenvalue weighted by atomic mass is 35.5. The van der Waals surface area contributed by atoms with Gasteiger partial charge in [0, 0.05) is 28.9 Å². The summed E-state index contributed by atoms with van der Waals surface area (Å²) in [5.74, 6) is -1.08. The first-order valence-electron chi connectivity index (χ1n) is 7.76. The van der Waals surface area contributed by atoms with Crippen LogP contribution in [0, 0.1) is 0 Å². The molecule has 0 fully saturated rings. The van der Waals surface area contributed by atoms with Gasteiger partial charge in [0.15, 0.2) is 17.2 Å². The van der Waals surface area contributed by atoms with E-state index in [0.717, 1.165) is 7.05 Å². The summed E-state index contributed by atoms with van der Waals surface area (Å²) >= 11 is 24.0. The Balaban J connectivity index is 1.84. The summed E-state index contributed by atoms with van der Waals surface area (Å²) in [6.07, 6.45) is -3.37. The van der Waals surface area contributed by atoms with E-state index in [0.29, 0.717) is 20.3 Å². The highest BCUT2D eigenvalue weighted by Crippen LogP contribution is 2.36. The van der Waals surface area contributed by atoms with Gasteiger partial charge in [0.1, 0.15) is 10.0 Å². The number of carbonyl (C=O) groups is 1. The van der Waals surface area contributed by atoms with Crippen LogP contribution >= 0.6 is 46.4 Å². The lowest BCUT2D eigenvalue weighted by Gasteiger charge is -2.07. The number of benzene rings is 1. The fourth-order valence-electron chi connectivity index (χ4n) is 2.53. The van der Waals surface area contributed by atoms with E-state index in [4.69, 9.17) is 46.4 Å². The molecule has 3 aromatic rings. The molecule has 3 rings (SSSR count). The van der Waals surface area contributed by atoms with Gasteiger partial charge in [0.2, 0.25) is 0 Å². The quantitative estimate of drug-likeness (QED) is 0.525. The molecule has 0 saturated carbocycles. The van der Waals surface area contributed by atoms with Crippen molar-refractivity contribution in [2.24, 2.45) is 7.05 Å². The minimum Gasteiger partial charge on any atom is -0.302 e. The van der Waals surface area contributed by atoms with Gasteiger partial charge in [-0.2, -0.15) is 23.4 Å². The number of halogens is 7. The molecule has 13 heteroatoms. The van der Waals surface area contributed by atoms with E-state index in [1.54, 1.807) is 18.2 Å². The summed E-state index contributed by atoms with van der Waals surface area (Å²) in [6, 6.07) is 4.98. The zero-order valence-electron chi connectivity index (χ0n) is 14.4. The molecule has 2 aromatic heterocycles. The van der Waals surface area contributed by atoms with Gasteiger partial charge in [0.25, 0.3) is 5.91 Å². The molecule has 0 radical (unpaired) electrons. The smallest absolute Gasteiger partial charge is 0.302 e.